The van der Waals surface area contributed by atoms with Crippen LogP contribution in [-0.4, -0.2) is 17.6 Å². The summed E-state index contributed by atoms with van der Waals surface area (Å²) in [6, 6.07) is 25.0. The van der Waals surface area contributed by atoms with Crippen molar-refractivity contribution < 1.29 is 13.9 Å². The first-order valence-electron chi connectivity index (χ1n) is 9.15. The van der Waals surface area contributed by atoms with E-state index in [-0.39, 0.29) is 0 Å². The van der Waals surface area contributed by atoms with Gasteiger partial charge in [-0.2, -0.15) is 0 Å². The summed E-state index contributed by atoms with van der Waals surface area (Å²) in [5.41, 5.74) is 4.30. The molecule has 0 fully saturated rings. The quantitative estimate of drug-likeness (QED) is 0.414. The lowest BCUT2D eigenvalue weighted by atomic mass is 9.97. The molecule has 138 valence electrons. The number of furan rings is 1. The Hall–Kier alpha value is -3.66. The maximum absolute atomic E-state index is 12.7. The molecule has 0 radical (unpaired) electrons. The van der Waals surface area contributed by atoms with Gasteiger partial charge in [-0.15, -0.1) is 0 Å². The first-order valence-corrected chi connectivity index (χ1v) is 9.15. The number of benzene rings is 2. The molecule has 0 N–H and O–H groups in total. The number of hydrogen-bond acceptors (Lipinski definition) is 4. The van der Waals surface area contributed by atoms with Crippen LogP contribution >= 0.6 is 0 Å². The van der Waals surface area contributed by atoms with Gasteiger partial charge < -0.3 is 9.15 Å². The lowest BCUT2D eigenvalue weighted by molar-refractivity contribution is 0.0527. The summed E-state index contributed by atoms with van der Waals surface area (Å²) in [4.78, 5) is 17.6. The lowest BCUT2D eigenvalue weighted by Gasteiger charge is -2.14. The number of esters is 1. The van der Waals surface area contributed by atoms with Gasteiger partial charge in [-0.05, 0) is 30.7 Å². The zero-order valence-electron chi connectivity index (χ0n) is 15.5. The molecule has 4 heteroatoms. The smallest absolute Gasteiger partial charge is 0.340 e. The van der Waals surface area contributed by atoms with Gasteiger partial charge in [-0.25, -0.2) is 9.78 Å². The number of carbonyl (C=O) groups excluding carboxylic acids is 1. The van der Waals surface area contributed by atoms with Gasteiger partial charge in [0.25, 0.3) is 0 Å². The van der Waals surface area contributed by atoms with E-state index in [2.05, 4.69) is 0 Å². The molecule has 0 saturated carbocycles. The molecule has 0 aliphatic rings. The van der Waals surface area contributed by atoms with Crippen molar-refractivity contribution in [2.24, 2.45) is 0 Å². The lowest BCUT2D eigenvalue weighted by Crippen LogP contribution is -2.09. The third-order valence-corrected chi connectivity index (χ3v) is 4.40. The number of nitrogens with zero attached hydrogens (tertiary/aromatic N) is 1. The maximum atomic E-state index is 12.7. The van der Waals surface area contributed by atoms with Crippen LogP contribution in [-0.2, 0) is 4.74 Å². The summed E-state index contributed by atoms with van der Waals surface area (Å²) >= 11 is 0. The van der Waals surface area contributed by atoms with Crippen LogP contribution in [0, 0.1) is 0 Å². The molecule has 4 aromatic rings. The Balaban J connectivity index is 2.01. The molecule has 4 rings (SSSR count). The molecule has 4 nitrogen and oxygen atoms in total. The van der Waals surface area contributed by atoms with Crippen molar-refractivity contribution in [1.29, 1.82) is 0 Å². The third kappa shape index (κ3) is 3.45. The van der Waals surface area contributed by atoms with Gasteiger partial charge >= 0.3 is 5.97 Å². The van der Waals surface area contributed by atoms with E-state index in [0.717, 1.165) is 16.7 Å². The average Bonchev–Trinajstić information content (AvgIpc) is 3.29. The fourth-order valence-corrected chi connectivity index (χ4v) is 3.13. The van der Waals surface area contributed by atoms with Gasteiger partial charge in [0, 0.05) is 11.1 Å². The zero-order chi connectivity index (χ0) is 19.3. The second-order valence-electron chi connectivity index (χ2n) is 6.21. The molecule has 0 atom stereocenters. The molecule has 2 aromatic heterocycles. The van der Waals surface area contributed by atoms with Gasteiger partial charge in [0.1, 0.15) is 5.69 Å². The van der Waals surface area contributed by atoms with Crippen LogP contribution in [0.5, 0.6) is 0 Å². The first kappa shape index (κ1) is 17.7. The SMILES string of the molecule is CCOC(=O)c1cc(-c2ccccc2)c(-c2ccco2)nc1-c1ccccc1. The summed E-state index contributed by atoms with van der Waals surface area (Å²) in [6.07, 6.45) is 1.62. The number of ether oxygens (including phenoxy) is 1. The van der Waals surface area contributed by atoms with Crippen molar-refractivity contribution in [3.05, 3.63) is 90.7 Å². The Morgan fingerprint density at radius 1 is 0.893 bits per heavy atom. The van der Waals surface area contributed by atoms with Crippen LogP contribution in [0.2, 0.25) is 0 Å². The Kier molecular flexibility index (Phi) is 5.02. The van der Waals surface area contributed by atoms with Crippen LogP contribution in [0.1, 0.15) is 17.3 Å². The minimum absolute atomic E-state index is 0.299. The molecule has 0 aliphatic carbocycles. The van der Waals surface area contributed by atoms with Gasteiger partial charge in [0.2, 0.25) is 0 Å². The highest BCUT2D eigenvalue weighted by atomic mass is 16.5. The fourth-order valence-electron chi connectivity index (χ4n) is 3.13. The minimum Gasteiger partial charge on any atom is -0.463 e. The second kappa shape index (κ2) is 7.92. The Morgan fingerprint density at radius 2 is 1.57 bits per heavy atom. The Labute approximate surface area is 163 Å². The summed E-state index contributed by atoms with van der Waals surface area (Å²) < 4.78 is 11.0. The van der Waals surface area contributed by atoms with E-state index in [4.69, 9.17) is 14.1 Å². The molecule has 28 heavy (non-hydrogen) atoms. The predicted octanol–water partition coefficient (Wildman–Crippen LogP) is 5.85. The van der Waals surface area contributed by atoms with Crippen LogP contribution in [0.4, 0.5) is 0 Å². The fraction of sp³-hybridized carbons (Fsp3) is 0.0833. The normalized spacial score (nSPS) is 10.6. The van der Waals surface area contributed by atoms with E-state index in [1.165, 1.54) is 0 Å². The molecule has 2 heterocycles. The van der Waals surface area contributed by atoms with Gasteiger partial charge in [0.15, 0.2) is 5.76 Å². The number of carbonyl (C=O) groups is 1. The van der Waals surface area contributed by atoms with E-state index < -0.39 is 5.97 Å². The number of aromatic nitrogens is 1. The Morgan fingerprint density at radius 3 is 2.18 bits per heavy atom. The molecule has 0 unspecified atom stereocenters. The van der Waals surface area contributed by atoms with Crippen LogP contribution in [0.3, 0.4) is 0 Å². The highest BCUT2D eigenvalue weighted by Gasteiger charge is 2.22. The maximum Gasteiger partial charge on any atom is 0.340 e. The highest BCUT2D eigenvalue weighted by molar-refractivity contribution is 5.99. The summed E-state index contributed by atoms with van der Waals surface area (Å²) in [5, 5.41) is 0. The van der Waals surface area contributed by atoms with E-state index in [1.54, 1.807) is 13.2 Å². The number of rotatable bonds is 5. The molecule has 2 aromatic carbocycles. The largest absolute Gasteiger partial charge is 0.463 e. The summed E-state index contributed by atoms with van der Waals surface area (Å²) in [5.74, 6) is 0.253. The van der Waals surface area contributed by atoms with Crippen molar-refractivity contribution in [2.75, 3.05) is 6.61 Å². The molecular formula is C24H19NO3. The van der Waals surface area contributed by atoms with E-state index in [1.807, 2.05) is 78.9 Å². The van der Waals surface area contributed by atoms with Crippen molar-refractivity contribution in [2.45, 2.75) is 6.92 Å². The van der Waals surface area contributed by atoms with Gasteiger partial charge in [-0.3, -0.25) is 0 Å². The molecule has 0 amide bonds. The molecular weight excluding hydrogens is 350 g/mol. The van der Waals surface area contributed by atoms with Crippen LogP contribution < -0.4 is 0 Å². The monoisotopic (exact) mass is 369 g/mol. The van der Waals surface area contributed by atoms with Crippen molar-refractivity contribution >= 4 is 5.97 Å². The summed E-state index contributed by atoms with van der Waals surface area (Å²) in [7, 11) is 0. The van der Waals surface area contributed by atoms with E-state index in [0.29, 0.717) is 29.3 Å². The van der Waals surface area contributed by atoms with E-state index >= 15 is 0 Å². The molecule has 0 spiro atoms. The van der Waals surface area contributed by atoms with Crippen molar-refractivity contribution in [3.8, 4) is 33.8 Å². The van der Waals surface area contributed by atoms with Gasteiger partial charge in [0.05, 0.1) is 24.1 Å². The minimum atomic E-state index is -0.392. The Bertz CT molecular complexity index is 1070. The zero-order valence-corrected chi connectivity index (χ0v) is 15.5. The highest BCUT2D eigenvalue weighted by Crippen LogP contribution is 2.35. The molecule has 0 saturated heterocycles. The van der Waals surface area contributed by atoms with Crippen LogP contribution in [0.25, 0.3) is 33.8 Å². The van der Waals surface area contributed by atoms with Crippen LogP contribution in [0.15, 0.2) is 89.5 Å². The average molecular weight is 369 g/mol. The standard InChI is InChI=1S/C24H19NO3/c1-2-27-24(26)20-16-19(17-10-5-3-6-11-17)23(21-14-9-15-28-21)25-22(20)18-12-7-4-8-13-18/h3-16H,2H2,1H3. The van der Waals surface area contributed by atoms with Crippen molar-refractivity contribution in [3.63, 3.8) is 0 Å². The summed E-state index contributed by atoms with van der Waals surface area (Å²) in [6.45, 7) is 2.09. The second-order valence-corrected chi connectivity index (χ2v) is 6.21. The predicted molar refractivity (Wildman–Crippen MR) is 109 cm³/mol. The molecule has 0 aliphatic heterocycles. The topological polar surface area (TPSA) is 52.3 Å². The third-order valence-electron chi connectivity index (χ3n) is 4.40. The van der Waals surface area contributed by atoms with E-state index in [9.17, 15) is 4.79 Å². The van der Waals surface area contributed by atoms with Crippen molar-refractivity contribution in [1.82, 2.24) is 4.98 Å². The number of pyridine rings is 1. The molecule has 0 bridgehead atoms. The van der Waals surface area contributed by atoms with Gasteiger partial charge in [-0.1, -0.05) is 60.7 Å². The first-order chi connectivity index (χ1) is 13.8. The number of hydrogen-bond donors (Lipinski definition) is 0.